The first-order chi connectivity index (χ1) is 11.5. The second kappa shape index (κ2) is 6.53. The second-order valence-electron chi connectivity index (χ2n) is 5.60. The van der Waals surface area contributed by atoms with Crippen molar-refractivity contribution in [1.82, 2.24) is 9.78 Å². The summed E-state index contributed by atoms with van der Waals surface area (Å²) in [4.78, 5) is 12.2. The van der Waals surface area contributed by atoms with E-state index in [0.29, 0.717) is 10.8 Å². The van der Waals surface area contributed by atoms with Crippen molar-refractivity contribution >= 4 is 34.0 Å². The SMILES string of the molecule is Cc1nn(C)c(C)c1NC(=O)COc1ccc(Cl)c2ccccc12. The monoisotopic (exact) mass is 343 g/mol. The van der Waals surface area contributed by atoms with Gasteiger partial charge in [0.15, 0.2) is 6.61 Å². The number of aryl methyl sites for hydroxylation is 2. The second-order valence-corrected chi connectivity index (χ2v) is 6.00. The molecule has 5 nitrogen and oxygen atoms in total. The lowest BCUT2D eigenvalue weighted by atomic mass is 10.1. The molecule has 1 N–H and O–H groups in total. The van der Waals surface area contributed by atoms with Crippen LogP contribution in [0.3, 0.4) is 0 Å². The molecule has 0 saturated heterocycles. The zero-order chi connectivity index (χ0) is 17.3. The fraction of sp³-hybridized carbons (Fsp3) is 0.222. The Morgan fingerprint density at radius 1 is 1.21 bits per heavy atom. The van der Waals surface area contributed by atoms with Gasteiger partial charge in [-0.3, -0.25) is 9.48 Å². The molecule has 1 amide bonds. The lowest BCUT2D eigenvalue weighted by molar-refractivity contribution is -0.118. The maximum Gasteiger partial charge on any atom is 0.262 e. The van der Waals surface area contributed by atoms with E-state index in [1.165, 1.54) is 0 Å². The lowest BCUT2D eigenvalue weighted by Crippen LogP contribution is -2.21. The smallest absolute Gasteiger partial charge is 0.262 e. The van der Waals surface area contributed by atoms with Crippen LogP contribution in [0.15, 0.2) is 36.4 Å². The molecule has 0 atom stereocenters. The largest absolute Gasteiger partial charge is 0.483 e. The molecule has 0 aliphatic carbocycles. The van der Waals surface area contributed by atoms with Gasteiger partial charge in [0.05, 0.1) is 17.1 Å². The van der Waals surface area contributed by atoms with Crippen LogP contribution in [0.2, 0.25) is 5.02 Å². The van der Waals surface area contributed by atoms with Crippen LogP contribution in [-0.2, 0) is 11.8 Å². The highest BCUT2D eigenvalue weighted by molar-refractivity contribution is 6.35. The number of nitrogens with zero attached hydrogens (tertiary/aromatic N) is 2. The van der Waals surface area contributed by atoms with E-state index in [0.717, 1.165) is 27.8 Å². The molecule has 1 aromatic heterocycles. The highest BCUT2D eigenvalue weighted by Crippen LogP contribution is 2.31. The summed E-state index contributed by atoms with van der Waals surface area (Å²) in [6.45, 7) is 3.68. The number of aromatic nitrogens is 2. The first-order valence-corrected chi connectivity index (χ1v) is 7.95. The predicted molar refractivity (Wildman–Crippen MR) is 95.8 cm³/mol. The van der Waals surface area contributed by atoms with E-state index >= 15 is 0 Å². The minimum absolute atomic E-state index is 0.0839. The van der Waals surface area contributed by atoms with Crippen molar-refractivity contribution in [3.8, 4) is 5.75 Å². The molecule has 0 aliphatic heterocycles. The Balaban J connectivity index is 1.74. The van der Waals surface area contributed by atoms with Crippen LogP contribution in [0.5, 0.6) is 5.75 Å². The summed E-state index contributed by atoms with van der Waals surface area (Å²) in [5, 5.41) is 9.57. The molecule has 0 aliphatic rings. The number of amides is 1. The van der Waals surface area contributed by atoms with E-state index in [-0.39, 0.29) is 12.5 Å². The topological polar surface area (TPSA) is 56.2 Å². The molecule has 3 aromatic rings. The summed E-state index contributed by atoms with van der Waals surface area (Å²) in [6, 6.07) is 11.2. The summed E-state index contributed by atoms with van der Waals surface area (Å²) in [6.07, 6.45) is 0. The van der Waals surface area contributed by atoms with Crippen molar-refractivity contribution in [2.75, 3.05) is 11.9 Å². The van der Waals surface area contributed by atoms with Gasteiger partial charge in [-0.15, -0.1) is 0 Å². The molecular weight excluding hydrogens is 326 g/mol. The summed E-state index contributed by atoms with van der Waals surface area (Å²) in [5.74, 6) is 0.401. The van der Waals surface area contributed by atoms with Gasteiger partial charge in [0.25, 0.3) is 5.91 Å². The van der Waals surface area contributed by atoms with Gasteiger partial charge >= 0.3 is 0 Å². The average molecular weight is 344 g/mol. The van der Waals surface area contributed by atoms with Crippen molar-refractivity contribution in [3.63, 3.8) is 0 Å². The Morgan fingerprint density at radius 2 is 1.92 bits per heavy atom. The number of carbonyl (C=O) groups is 1. The number of anilines is 1. The first kappa shape index (κ1) is 16.3. The number of carbonyl (C=O) groups excluding carboxylic acids is 1. The average Bonchev–Trinajstić information content (AvgIpc) is 2.81. The number of ether oxygens (including phenoxy) is 1. The Morgan fingerprint density at radius 3 is 2.58 bits per heavy atom. The Bertz CT molecular complexity index is 918. The van der Waals surface area contributed by atoms with Crippen LogP contribution >= 0.6 is 11.6 Å². The van der Waals surface area contributed by atoms with E-state index < -0.39 is 0 Å². The van der Waals surface area contributed by atoms with Crippen LogP contribution in [-0.4, -0.2) is 22.3 Å². The van der Waals surface area contributed by atoms with E-state index in [1.54, 1.807) is 16.8 Å². The molecule has 0 bridgehead atoms. The molecule has 124 valence electrons. The highest BCUT2D eigenvalue weighted by Gasteiger charge is 2.13. The van der Waals surface area contributed by atoms with Crippen LogP contribution in [0.25, 0.3) is 10.8 Å². The lowest BCUT2D eigenvalue weighted by Gasteiger charge is -2.11. The van der Waals surface area contributed by atoms with Gasteiger partial charge in [0.1, 0.15) is 5.75 Å². The fourth-order valence-electron chi connectivity index (χ4n) is 2.63. The third-order valence-electron chi connectivity index (χ3n) is 3.96. The van der Waals surface area contributed by atoms with Crippen molar-refractivity contribution in [2.24, 2.45) is 7.05 Å². The summed E-state index contributed by atoms with van der Waals surface area (Å²) >= 11 is 6.19. The number of hydrogen-bond donors (Lipinski definition) is 1. The Hall–Kier alpha value is -2.53. The minimum atomic E-state index is -0.228. The van der Waals surface area contributed by atoms with E-state index in [1.807, 2.05) is 45.2 Å². The van der Waals surface area contributed by atoms with Crippen LogP contribution in [0.4, 0.5) is 5.69 Å². The van der Waals surface area contributed by atoms with Gasteiger partial charge < -0.3 is 10.1 Å². The van der Waals surface area contributed by atoms with Crippen LogP contribution < -0.4 is 10.1 Å². The quantitative estimate of drug-likeness (QED) is 0.782. The van der Waals surface area contributed by atoms with Gasteiger partial charge in [0.2, 0.25) is 0 Å². The highest BCUT2D eigenvalue weighted by atomic mass is 35.5. The number of fused-ring (bicyclic) bond motifs is 1. The molecule has 2 aromatic carbocycles. The number of nitrogens with one attached hydrogen (secondary N) is 1. The molecule has 0 spiro atoms. The zero-order valence-corrected chi connectivity index (χ0v) is 14.5. The summed E-state index contributed by atoms with van der Waals surface area (Å²) in [5.41, 5.74) is 2.41. The normalized spacial score (nSPS) is 10.8. The van der Waals surface area contributed by atoms with Crippen molar-refractivity contribution in [2.45, 2.75) is 13.8 Å². The summed E-state index contributed by atoms with van der Waals surface area (Å²) < 4.78 is 7.43. The number of benzene rings is 2. The third-order valence-corrected chi connectivity index (χ3v) is 4.29. The van der Waals surface area contributed by atoms with Crippen LogP contribution in [0, 0.1) is 13.8 Å². The van der Waals surface area contributed by atoms with Gasteiger partial charge in [-0.2, -0.15) is 5.10 Å². The van der Waals surface area contributed by atoms with Crippen LogP contribution in [0.1, 0.15) is 11.4 Å². The molecule has 0 saturated carbocycles. The van der Waals surface area contributed by atoms with E-state index in [9.17, 15) is 4.79 Å². The number of rotatable bonds is 4. The Labute approximate surface area is 145 Å². The van der Waals surface area contributed by atoms with Gasteiger partial charge in [-0.25, -0.2) is 0 Å². The Kier molecular flexibility index (Phi) is 4.44. The first-order valence-electron chi connectivity index (χ1n) is 7.57. The molecule has 24 heavy (non-hydrogen) atoms. The van der Waals surface area contributed by atoms with E-state index in [2.05, 4.69) is 10.4 Å². The van der Waals surface area contributed by atoms with Gasteiger partial charge in [0, 0.05) is 22.8 Å². The molecular formula is C18H18ClN3O2. The maximum absolute atomic E-state index is 12.2. The van der Waals surface area contributed by atoms with Gasteiger partial charge in [-0.1, -0.05) is 35.9 Å². The van der Waals surface area contributed by atoms with Crippen molar-refractivity contribution in [3.05, 3.63) is 52.8 Å². The predicted octanol–water partition coefficient (Wildman–Crippen LogP) is 3.86. The van der Waals surface area contributed by atoms with Crippen molar-refractivity contribution < 1.29 is 9.53 Å². The molecule has 6 heteroatoms. The molecule has 0 radical (unpaired) electrons. The van der Waals surface area contributed by atoms with Gasteiger partial charge in [-0.05, 0) is 26.0 Å². The van der Waals surface area contributed by atoms with Crippen molar-refractivity contribution in [1.29, 1.82) is 0 Å². The third kappa shape index (κ3) is 3.08. The summed E-state index contributed by atoms with van der Waals surface area (Å²) in [7, 11) is 1.84. The maximum atomic E-state index is 12.2. The van der Waals surface area contributed by atoms with E-state index in [4.69, 9.17) is 16.3 Å². The number of halogens is 1. The fourth-order valence-corrected chi connectivity index (χ4v) is 2.86. The minimum Gasteiger partial charge on any atom is -0.483 e. The molecule has 0 fully saturated rings. The molecule has 3 rings (SSSR count). The standard InChI is InChI=1S/C18H18ClN3O2/c1-11-18(12(2)22(3)21-11)20-17(23)10-24-16-9-8-15(19)13-6-4-5-7-14(13)16/h4-9H,10H2,1-3H3,(H,20,23). The molecule has 1 heterocycles. The number of hydrogen-bond acceptors (Lipinski definition) is 3. The zero-order valence-electron chi connectivity index (χ0n) is 13.8. The molecule has 0 unspecified atom stereocenters.